The van der Waals surface area contributed by atoms with Crippen LogP contribution in [-0.4, -0.2) is 28.6 Å². The quantitative estimate of drug-likeness (QED) is 0.296. The predicted octanol–water partition coefficient (Wildman–Crippen LogP) is 6.30. The Bertz CT molecular complexity index is 1350. The minimum Gasteiger partial charge on any atom is -0.494 e. The molecule has 0 N–H and O–H groups in total. The second kappa shape index (κ2) is 9.51. The molecule has 1 aromatic heterocycles. The lowest BCUT2D eigenvalue weighted by molar-refractivity contribution is -0.117. The number of benzene rings is 3. The number of anilines is 1. The van der Waals surface area contributed by atoms with E-state index in [1.807, 2.05) is 53.4 Å². The number of rotatable bonds is 7. The summed E-state index contributed by atoms with van der Waals surface area (Å²) in [4.78, 5) is 19.7. The van der Waals surface area contributed by atoms with Crippen molar-refractivity contribution in [1.29, 1.82) is 0 Å². The van der Waals surface area contributed by atoms with Crippen LogP contribution in [-0.2, 0) is 11.3 Å². The highest BCUT2D eigenvalue weighted by molar-refractivity contribution is 6.30. The zero-order chi connectivity index (χ0) is 23.7. The van der Waals surface area contributed by atoms with Crippen LogP contribution >= 0.6 is 11.6 Å². The Morgan fingerprint density at radius 2 is 1.88 bits per heavy atom. The molecule has 1 aliphatic rings. The van der Waals surface area contributed by atoms with Crippen molar-refractivity contribution in [1.82, 2.24) is 9.55 Å². The molecule has 1 amide bonds. The van der Waals surface area contributed by atoms with E-state index in [-0.39, 0.29) is 11.8 Å². The van der Waals surface area contributed by atoms with E-state index in [0.29, 0.717) is 24.6 Å². The summed E-state index contributed by atoms with van der Waals surface area (Å²) in [5.74, 6) is 1.99. The van der Waals surface area contributed by atoms with Gasteiger partial charge >= 0.3 is 0 Å². The molecule has 0 aliphatic carbocycles. The number of carbonyl (C=O) groups excluding carboxylic acids is 1. The fraction of sp³-hybridized carbons (Fsp3) is 0.286. The number of carbonyl (C=O) groups is 1. The highest BCUT2D eigenvalue weighted by Gasteiger charge is 2.34. The number of ether oxygens (including phenoxy) is 1. The Hall–Kier alpha value is -3.31. The van der Waals surface area contributed by atoms with Gasteiger partial charge in [0.2, 0.25) is 5.91 Å². The molecule has 0 spiro atoms. The van der Waals surface area contributed by atoms with Gasteiger partial charge in [0, 0.05) is 36.1 Å². The molecule has 4 aromatic rings. The second-order valence-corrected chi connectivity index (χ2v) is 9.38. The number of nitrogens with zero attached hydrogens (tertiary/aromatic N) is 3. The van der Waals surface area contributed by atoms with Gasteiger partial charge in [0.15, 0.2) is 0 Å². The molecular weight excluding hydrogens is 446 g/mol. The molecule has 0 bridgehead atoms. The van der Waals surface area contributed by atoms with Gasteiger partial charge in [-0.15, -0.1) is 0 Å². The number of halogens is 1. The minimum absolute atomic E-state index is 0.0274. The van der Waals surface area contributed by atoms with Crippen LogP contribution in [0.25, 0.3) is 11.0 Å². The van der Waals surface area contributed by atoms with Crippen LogP contribution in [0.15, 0.2) is 66.7 Å². The summed E-state index contributed by atoms with van der Waals surface area (Å²) in [5.41, 5.74) is 5.39. The minimum atomic E-state index is 0.0274. The first-order chi connectivity index (χ1) is 16.5. The molecule has 5 nitrogen and oxygen atoms in total. The highest BCUT2D eigenvalue weighted by atomic mass is 35.5. The van der Waals surface area contributed by atoms with E-state index in [4.69, 9.17) is 21.3 Å². The predicted molar refractivity (Wildman–Crippen MR) is 137 cm³/mol. The molecule has 2 heterocycles. The molecule has 1 aliphatic heterocycles. The molecule has 6 heteroatoms. The molecule has 1 fully saturated rings. The van der Waals surface area contributed by atoms with Gasteiger partial charge in [-0.1, -0.05) is 35.9 Å². The number of amides is 1. The fourth-order valence-electron chi connectivity index (χ4n) is 4.63. The molecule has 0 saturated carbocycles. The summed E-state index contributed by atoms with van der Waals surface area (Å²) in [6.07, 6.45) is 1.29. The number of hydrogen-bond acceptors (Lipinski definition) is 3. The first-order valence-corrected chi connectivity index (χ1v) is 12.1. The molecule has 3 aromatic carbocycles. The Kier molecular flexibility index (Phi) is 6.29. The summed E-state index contributed by atoms with van der Waals surface area (Å²) >= 11 is 6.17. The van der Waals surface area contributed by atoms with Crippen LogP contribution in [0.4, 0.5) is 5.69 Å². The molecular formula is C28H28ClN3O2. The van der Waals surface area contributed by atoms with E-state index < -0.39 is 0 Å². The van der Waals surface area contributed by atoms with E-state index in [0.717, 1.165) is 41.3 Å². The van der Waals surface area contributed by atoms with Gasteiger partial charge in [0.25, 0.3) is 0 Å². The normalized spacial score (nSPS) is 15.9. The van der Waals surface area contributed by atoms with Crippen LogP contribution in [0, 0.1) is 13.8 Å². The van der Waals surface area contributed by atoms with Crippen molar-refractivity contribution in [3.05, 3.63) is 88.7 Å². The van der Waals surface area contributed by atoms with Crippen molar-refractivity contribution in [3.8, 4) is 5.75 Å². The number of aryl methyl sites for hydroxylation is 3. The van der Waals surface area contributed by atoms with Crippen LogP contribution < -0.4 is 9.64 Å². The van der Waals surface area contributed by atoms with Gasteiger partial charge in [-0.25, -0.2) is 4.98 Å². The average molecular weight is 474 g/mol. The van der Waals surface area contributed by atoms with Gasteiger partial charge in [-0.05, 0) is 73.9 Å². The number of aromatic nitrogens is 2. The maximum atomic E-state index is 12.9. The molecule has 1 unspecified atom stereocenters. The van der Waals surface area contributed by atoms with Gasteiger partial charge in [0.1, 0.15) is 11.6 Å². The molecule has 5 rings (SSSR count). The number of para-hydroxylation sites is 2. The van der Waals surface area contributed by atoms with Gasteiger partial charge in [-0.2, -0.15) is 0 Å². The number of imidazole rings is 1. The SMILES string of the molecule is Cc1ccc(OCCCn2c(C3CC(=O)N(c4cccc(Cl)c4)C3)nc3ccccc32)cc1C. The van der Waals surface area contributed by atoms with Crippen molar-refractivity contribution in [2.24, 2.45) is 0 Å². The Labute approximate surface area is 204 Å². The first kappa shape index (κ1) is 22.5. The van der Waals surface area contributed by atoms with Crippen molar-refractivity contribution in [2.75, 3.05) is 18.1 Å². The largest absolute Gasteiger partial charge is 0.494 e. The van der Waals surface area contributed by atoms with Crippen molar-refractivity contribution in [2.45, 2.75) is 39.2 Å². The average Bonchev–Trinajstić information content (AvgIpc) is 3.39. The standard InChI is InChI=1S/C28H28ClN3O2/c1-19-11-12-24(15-20(19)2)34-14-6-13-31-26-10-4-3-9-25(26)30-28(31)21-16-27(33)32(18-21)23-8-5-7-22(29)17-23/h3-5,7-12,15,17,21H,6,13-14,16,18H2,1-2H3. The molecule has 1 atom stereocenters. The summed E-state index contributed by atoms with van der Waals surface area (Å²) < 4.78 is 8.27. The summed E-state index contributed by atoms with van der Waals surface area (Å²) in [5, 5.41) is 0.629. The van der Waals surface area contributed by atoms with Crippen molar-refractivity contribution in [3.63, 3.8) is 0 Å². The van der Waals surface area contributed by atoms with E-state index in [9.17, 15) is 4.79 Å². The van der Waals surface area contributed by atoms with Gasteiger partial charge in [0.05, 0.1) is 17.6 Å². The summed E-state index contributed by atoms with van der Waals surface area (Å²) in [7, 11) is 0. The van der Waals surface area contributed by atoms with E-state index in [1.165, 1.54) is 11.1 Å². The van der Waals surface area contributed by atoms with Crippen LogP contribution in [0.1, 0.15) is 35.7 Å². The highest BCUT2D eigenvalue weighted by Crippen LogP contribution is 2.34. The van der Waals surface area contributed by atoms with Crippen LogP contribution in [0.3, 0.4) is 0 Å². The Morgan fingerprint density at radius 1 is 1.03 bits per heavy atom. The van der Waals surface area contributed by atoms with Gasteiger partial charge in [-0.3, -0.25) is 4.79 Å². The lowest BCUT2D eigenvalue weighted by Crippen LogP contribution is -2.24. The topological polar surface area (TPSA) is 47.4 Å². The monoisotopic (exact) mass is 473 g/mol. The third kappa shape index (κ3) is 4.53. The number of fused-ring (bicyclic) bond motifs is 1. The summed E-state index contributed by atoms with van der Waals surface area (Å²) in [6.45, 7) is 6.20. The van der Waals surface area contributed by atoms with Crippen molar-refractivity contribution < 1.29 is 9.53 Å². The maximum Gasteiger partial charge on any atom is 0.227 e. The third-order valence-corrected chi connectivity index (χ3v) is 6.80. The Balaban J connectivity index is 1.34. The zero-order valence-electron chi connectivity index (χ0n) is 19.5. The smallest absolute Gasteiger partial charge is 0.227 e. The molecule has 174 valence electrons. The lowest BCUT2D eigenvalue weighted by atomic mass is 10.1. The van der Waals surface area contributed by atoms with E-state index in [1.54, 1.807) is 0 Å². The summed E-state index contributed by atoms with van der Waals surface area (Å²) in [6, 6.07) is 21.8. The lowest BCUT2D eigenvalue weighted by Gasteiger charge is -2.18. The van der Waals surface area contributed by atoms with Gasteiger partial charge < -0.3 is 14.2 Å². The van der Waals surface area contributed by atoms with E-state index in [2.05, 4.69) is 36.6 Å². The molecule has 1 saturated heterocycles. The fourth-order valence-corrected chi connectivity index (χ4v) is 4.82. The van der Waals surface area contributed by atoms with E-state index >= 15 is 0 Å². The Morgan fingerprint density at radius 3 is 2.71 bits per heavy atom. The van der Waals surface area contributed by atoms with Crippen LogP contribution in [0.5, 0.6) is 5.75 Å². The third-order valence-electron chi connectivity index (χ3n) is 6.57. The van der Waals surface area contributed by atoms with Crippen LogP contribution in [0.2, 0.25) is 5.02 Å². The molecule has 34 heavy (non-hydrogen) atoms. The zero-order valence-corrected chi connectivity index (χ0v) is 20.3. The molecule has 0 radical (unpaired) electrons. The second-order valence-electron chi connectivity index (χ2n) is 8.94. The van der Waals surface area contributed by atoms with Crippen molar-refractivity contribution >= 4 is 34.2 Å². The maximum absolute atomic E-state index is 12.9. The first-order valence-electron chi connectivity index (χ1n) is 11.7. The number of hydrogen-bond donors (Lipinski definition) is 0.